The lowest BCUT2D eigenvalue weighted by Crippen LogP contribution is -2.43. The average molecular weight is 390 g/mol. The Hall–Kier alpha value is -1.79. The van der Waals surface area contributed by atoms with Crippen LogP contribution in [0.2, 0.25) is 0 Å². The lowest BCUT2D eigenvalue weighted by Gasteiger charge is -2.29. The first-order valence-corrected chi connectivity index (χ1v) is 10.8. The summed E-state index contributed by atoms with van der Waals surface area (Å²) >= 11 is 0. The van der Waals surface area contributed by atoms with E-state index in [9.17, 15) is 0 Å². The molecule has 1 fully saturated rings. The summed E-state index contributed by atoms with van der Waals surface area (Å²) in [5.74, 6) is 1.79. The van der Waals surface area contributed by atoms with Crippen LogP contribution >= 0.6 is 0 Å². The van der Waals surface area contributed by atoms with Crippen molar-refractivity contribution in [1.82, 2.24) is 20.4 Å². The zero-order valence-corrected chi connectivity index (χ0v) is 18.2. The quantitative estimate of drug-likeness (QED) is 0.346. The predicted molar refractivity (Wildman–Crippen MR) is 118 cm³/mol. The highest BCUT2D eigenvalue weighted by molar-refractivity contribution is 5.79. The molecule has 1 atom stereocenters. The molecule has 0 amide bonds. The number of ether oxygens (including phenoxy) is 1. The summed E-state index contributed by atoms with van der Waals surface area (Å²) in [5, 5.41) is 7.00. The van der Waals surface area contributed by atoms with Crippen molar-refractivity contribution in [2.75, 3.05) is 60.0 Å². The first-order chi connectivity index (χ1) is 13.7. The Kier molecular flexibility index (Phi) is 10.1. The van der Waals surface area contributed by atoms with Gasteiger partial charge in [0.05, 0.1) is 13.2 Å². The Morgan fingerprint density at radius 1 is 1.14 bits per heavy atom. The first kappa shape index (κ1) is 22.5. The van der Waals surface area contributed by atoms with Crippen molar-refractivity contribution in [3.63, 3.8) is 0 Å². The summed E-state index contributed by atoms with van der Waals surface area (Å²) in [6, 6.07) is 8.83. The molecule has 1 heterocycles. The summed E-state index contributed by atoms with van der Waals surface area (Å²) in [6.45, 7) is 11.9. The molecule has 1 aromatic carbocycles. The molecule has 0 aliphatic carbocycles. The highest BCUT2D eigenvalue weighted by atomic mass is 16.5. The van der Waals surface area contributed by atoms with E-state index < -0.39 is 0 Å². The maximum Gasteiger partial charge on any atom is 0.191 e. The molecule has 0 saturated carbocycles. The van der Waals surface area contributed by atoms with E-state index in [0.717, 1.165) is 63.9 Å². The van der Waals surface area contributed by atoms with Crippen molar-refractivity contribution in [3.05, 3.63) is 29.8 Å². The van der Waals surface area contributed by atoms with Gasteiger partial charge in [-0.15, -0.1) is 0 Å². The molecule has 2 rings (SSSR count). The van der Waals surface area contributed by atoms with Crippen molar-refractivity contribution in [2.45, 2.75) is 39.2 Å². The largest absolute Gasteiger partial charge is 0.497 e. The normalized spacial score (nSPS) is 16.4. The van der Waals surface area contributed by atoms with Gasteiger partial charge in [0.25, 0.3) is 0 Å². The molecule has 0 aromatic heterocycles. The van der Waals surface area contributed by atoms with Crippen LogP contribution < -0.4 is 15.4 Å². The number of hydrogen-bond donors (Lipinski definition) is 2. The molecular weight excluding hydrogens is 350 g/mol. The third-order valence-electron chi connectivity index (χ3n) is 5.61. The second-order valence-electron chi connectivity index (χ2n) is 7.29. The second-order valence-corrected chi connectivity index (χ2v) is 7.29. The molecule has 0 radical (unpaired) electrons. The lowest BCUT2D eigenvalue weighted by molar-refractivity contribution is 0.245. The van der Waals surface area contributed by atoms with Gasteiger partial charge in [-0.1, -0.05) is 26.0 Å². The summed E-state index contributed by atoms with van der Waals surface area (Å²) in [4.78, 5) is 9.43. The Balaban J connectivity index is 1.88. The van der Waals surface area contributed by atoms with E-state index in [-0.39, 0.29) is 0 Å². The van der Waals surface area contributed by atoms with Crippen LogP contribution in [0, 0.1) is 0 Å². The lowest BCUT2D eigenvalue weighted by atomic mass is 10.1. The van der Waals surface area contributed by atoms with Crippen LogP contribution in [-0.2, 0) is 0 Å². The van der Waals surface area contributed by atoms with Crippen LogP contribution in [0.3, 0.4) is 0 Å². The van der Waals surface area contributed by atoms with Gasteiger partial charge < -0.3 is 20.3 Å². The standard InChI is InChI=1S/C22H39N5O/c1-5-26(6-2)15-9-14-24-22(23-3)25-18-21(27-16-7-8-17-27)19-10-12-20(28-4)13-11-19/h10-13,21H,5-9,14-18H2,1-4H3,(H2,23,24,25). The molecule has 1 aliphatic heterocycles. The SMILES string of the molecule is CCN(CC)CCCNC(=NC)NCC(c1ccc(OC)cc1)N1CCCC1. The maximum absolute atomic E-state index is 5.32. The molecule has 6 heteroatoms. The van der Waals surface area contributed by atoms with Gasteiger partial charge in [-0.3, -0.25) is 9.89 Å². The zero-order valence-electron chi connectivity index (χ0n) is 18.2. The van der Waals surface area contributed by atoms with Crippen molar-refractivity contribution < 1.29 is 4.74 Å². The van der Waals surface area contributed by atoms with Crippen LogP contribution in [-0.4, -0.2) is 75.7 Å². The number of methoxy groups -OCH3 is 1. The van der Waals surface area contributed by atoms with Gasteiger partial charge in [-0.05, 0) is 69.7 Å². The van der Waals surface area contributed by atoms with Crippen LogP contribution in [0.15, 0.2) is 29.3 Å². The van der Waals surface area contributed by atoms with Crippen molar-refractivity contribution in [2.24, 2.45) is 4.99 Å². The predicted octanol–water partition coefficient (Wildman–Crippen LogP) is 2.73. The van der Waals surface area contributed by atoms with Crippen LogP contribution in [0.1, 0.15) is 44.7 Å². The van der Waals surface area contributed by atoms with E-state index in [1.54, 1.807) is 7.11 Å². The van der Waals surface area contributed by atoms with Gasteiger partial charge in [0.2, 0.25) is 0 Å². The molecule has 6 nitrogen and oxygen atoms in total. The van der Waals surface area contributed by atoms with Gasteiger partial charge in [-0.25, -0.2) is 0 Å². The fourth-order valence-electron chi connectivity index (χ4n) is 3.80. The van der Waals surface area contributed by atoms with Gasteiger partial charge in [0.1, 0.15) is 5.75 Å². The molecule has 0 spiro atoms. The monoisotopic (exact) mass is 389 g/mol. The van der Waals surface area contributed by atoms with Crippen molar-refractivity contribution in [3.8, 4) is 5.75 Å². The van der Waals surface area contributed by atoms with Crippen LogP contribution in [0.25, 0.3) is 0 Å². The van der Waals surface area contributed by atoms with Crippen molar-refractivity contribution >= 4 is 5.96 Å². The maximum atomic E-state index is 5.32. The summed E-state index contributed by atoms with van der Waals surface area (Å²) in [5.41, 5.74) is 1.33. The molecule has 28 heavy (non-hydrogen) atoms. The molecule has 2 N–H and O–H groups in total. The Morgan fingerprint density at radius 3 is 2.39 bits per heavy atom. The third-order valence-corrected chi connectivity index (χ3v) is 5.61. The fraction of sp³-hybridized carbons (Fsp3) is 0.682. The number of guanidine groups is 1. The molecule has 1 unspecified atom stereocenters. The summed E-state index contributed by atoms with van der Waals surface area (Å²) in [7, 11) is 3.56. The van der Waals surface area contributed by atoms with Gasteiger partial charge in [-0.2, -0.15) is 0 Å². The van der Waals surface area contributed by atoms with E-state index in [1.807, 2.05) is 7.05 Å². The second kappa shape index (κ2) is 12.6. The van der Waals surface area contributed by atoms with Crippen LogP contribution in [0.5, 0.6) is 5.75 Å². The third kappa shape index (κ3) is 6.99. The molecule has 158 valence electrons. The molecule has 1 aliphatic rings. The number of benzene rings is 1. The Morgan fingerprint density at radius 2 is 1.82 bits per heavy atom. The molecular formula is C22H39N5O. The first-order valence-electron chi connectivity index (χ1n) is 10.8. The van der Waals surface area contributed by atoms with E-state index in [4.69, 9.17) is 4.74 Å². The summed E-state index contributed by atoms with van der Waals surface area (Å²) < 4.78 is 5.32. The van der Waals surface area contributed by atoms with Gasteiger partial charge in [0.15, 0.2) is 5.96 Å². The van der Waals surface area contributed by atoms with E-state index in [2.05, 4.69) is 63.5 Å². The number of hydrogen-bond acceptors (Lipinski definition) is 4. The van der Waals surface area contributed by atoms with Crippen molar-refractivity contribution in [1.29, 1.82) is 0 Å². The number of aliphatic imine (C=N–C) groups is 1. The molecule has 1 aromatic rings. The van der Waals surface area contributed by atoms with E-state index in [0.29, 0.717) is 6.04 Å². The minimum Gasteiger partial charge on any atom is -0.497 e. The van der Waals surface area contributed by atoms with Crippen LogP contribution in [0.4, 0.5) is 0 Å². The Labute approximate surface area is 171 Å². The van der Waals surface area contributed by atoms with Gasteiger partial charge in [0, 0.05) is 20.1 Å². The number of nitrogens with zero attached hydrogens (tertiary/aromatic N) is 3. The Bertz CT molecular complexity index is 565. The minimum atomic E-state index is 0.350. The van der Waals surface area contributed by atoms with E-state index in [1.165, 1.54) is 18.4 Å². The van der Waals surface area contributed by atoms with E-state index >= 15 is 0 Å². The number of likely N-dealkylation sites (tertiary alicyclic amines) is 1. The highest BCUT2D eigenvalue weighted by Gasteiger charge is 2.23. The van der Waals surface area contributed by atoms with Gasteiger partial charge >= 0.3 is 0 Å². The molecule has 1 saturated heterocycles. The zero-order chi connectivity index (χ0) is 20.2. The summed E-state index contributed by atoms with van der Waals surface area (Å²) in [6.07, 6.45) is 3.69. The number of rotatable bonds is 11. The highest BCUT2D eigenvalue weighted by Crippen LogP contribution is 2.26. The number of nitrogens with one attached hydrogen (secondary N) is 2. The topological polar surface area (TPSA) is 52.1 Å². The smallest absolute Gasteiger partial charge is 0.191 e. The fourth-order valence-corrected chi connectivity index (χ4v) is 3.80. The average Bonchev–Trinajstić information content (AvgIpc) is 3.27. The molecule has 0 bridgehead atoms. The minimum absolute atomic E-state index is 0.350.